The number of aryl methyl sites for hydroxylation is 1. The van der Waals surface area contributed by atoms with Crippen molar-refractivity contribution < 1.29 is 29.3 Å². The van der Waals surface area contributed by atoms with Crippen LogP contribution in [0.4, 0.5) is 9.59 Å². The lowest BCUT2D eigenvalue weighted by Crippen LogP contribution is -2.09. The summed E-state index contributed by atoms with van der Waals surface area (Å²) in [4.78, 5) is 20.6. The fourth-order valence-electron chi connectivity index (χ4n) is 1.02. The summed E-state index contributed by atoms with van der Waals surface area (Å²) in [6, 6.07) is 4.41. The summed E-state index contributed by atoms with van der Waals surface area (Å²) >= 11 is 0. The number of rotatable bonds is 2. The van der Waals surface area contributed by atoms with Crippen LogP contribution in [-0.2, 0) is 0 Å². The Bertz CT molecular complexity index is 398. The third-order valence-corrected chi connectivity index (χ3v) is 1.56. The minimum atomic E-state index is -1.53. The third kappa shape index (κ3) is 2.87. The first kappa shape index (κ1) is 10.8. The maximum absolute atomic E-state index is 10.3. The summed E-state index contributed by atoms with van der Waals surface area (Å²) < 4.78 is 8.76. The Labute approximate surface area is 84.7 Å². The molecule has 80 valence electrons. The summed E-state index contributed by atoms with van der Waals surface area (Å²) in [6.45, 7) is 1.58. The van der Waals surface area contributed by atoms with Gasteiger partial charge >= 0.3 is 12.3 Å². The van der Waals surface area contributed by atoms with E-state index in [1.165, 1.54) is 12.1 Å². The summed E-state index contributed by atoms with van der Waals surface area (Å²) in [5, 5.41) is 16.8. The highest BCUT2D eigenvalue weighted by Gasteiger charge is 2.14. The SMILES string of the molecule is Cc1cccc(OC(=O)O)c1OC(=O)O. The maximum Gasteiger partial charge on any atom is 0.511 e. The van der Waals surface area contributed by atoms with Crippen molar-refractivity contribution in [2.45, 2.75) is 6.92 Å². The van der Waals surface area contributed by atoms with Crippen molar-refractivity contribution in [1.29, 1.82) is 0 Å². The van der Waals surface area contributed by atoms with Crippen LogP contribution in [0, 0.1) is 6.92 Å². The zero-order valence-electron chi connectivity index (χ0n) is 7.76. The number of para-hydroxylation sites is 1. The first-order valence-electron chi connectivity index (χ1n) is 3.92. The molecule has 1 aromatic carbocycles. The predicted octanol–water partition coefficient (Wildman–Crippen LogP) is 2.11. The van der Waals surface area contributed by atoms with Crippen LogP contribution >= 0.6 is 0 Å². The second-order valence-electron chi connectivity index (χ2n) is 2.64. The van der Waals surface area contributed by atoms with E-state index in [9.17, 15) is 9.59 Å². The molecule has 6 heteroatoms. The van der Waals surface area contributed by atoms with Crippen molar-refractivity contribution in [2.75, 3.05) is 0 Å². The molecule has 0 aliphatic heterocycles. The van der Waals surface area contributed by atoms with Crippen LogP contribution in [-0.4, -0.2) is 22.5 Å². The average Bonchev–Trinajstić information content (AvgIpc) is 2.09. The van der Waals surface area contributed by atoms with Gasteiger partial charge in [-0.25, -0.2) is 9.59 Å². The lowest BCUT2D eigenvalue weighted by Gasteiger charge is -2.08. The fourth-order valence-corrected chi connectivity index (χ4v) is 1.02. The lowest BCUT2D eigenvalue weighted by atomic mass is 10.2. The van der Waals surface area contributed by atoms with Gasteiger partial charge in [-0.15, -0.1) is 0 Å². The van der Waals surface area contributed by atoms with Gasteiger partial charge in [0.15, 0.2) is 11.5 Å². The summed E-state index contributed by atoms with van der Waals surface area (Å²) in [5.41, 5.74) is 0.469. The number of carboxylic acid groups (broad SMARTS) is 2. The number of carbonyl (C=O) groups is 2. The van der Waals surface area contributed by atoms with Gasteiger partial charge in [-0.2, -0.15) is 0 Å². The van der Waals surface area contributed by atoms with Gasteiger partial charge in [0.05, 0.1) is 0 Å². The highest BCUT2D eigenvalue weighted by atomic mass is 16.7. The Morgan fingerprint density at radius 3 is 2.27 bits per heavy atom. The van der Waals surface area contributed by atoms with Gasteiger partial charge in [-0.3, -0.25) is 0 Å². The Morgan fingerprint density at radius 2 is 1.73 bits per heavy atom. The largest absolute Gasteiger partial charge is 0.511 e. The molecule has 0 heterocycles. The summed E-state index contributed by atoms with van der Waals surface area (Å²) in [6.07, 6.45) is -3.06. The molecule has 0 aromatic heterocycles. The molecule has 0 aliphatic rings. The standard InChI is InChI=1S/C9H8O6/c1-5-3-2-4-6(14-8(10)11)7(5)15-9(12)13/h2-4H,1H3,(H,10,11)(H,12,13). The molecule has 15 heavy (non-hydrogen) atoms. The van der Waals surface area contributed by atoms with E-state index >= 15 is 0 Å². The van der Waals surface area contributed by atoms with Gasteiger partial charge in [0.2, 0.25) is 0 Å². The van der Waals surface area contributed by atoms with Crippen molar-refractivity contribution >= 4 is 12.3 Å². The molecule has 2 N–H and O–H groups in total. The second-order valence-corrected chi connectivity index (χ2v) is 2.64. The Balaban J connectivity index is 3.08. The van der Waals surface area contributed by atoms with E-state index in [0.29, 0.717) is 5.56 Å². The first-order valence-corrected chi connectivity index (χ1v) is 3.92. The molecule has 0 atom stereocenters. The third-order valence-electron chi connectivity index (χ3n) is 1.56. The van der Waals surface area contributed by atoms with Crippen LogP contribution in [0.3, 0.4) is 0 Å². The molecule has 0 fully saturated rings. The second kappa shape index (κ2) is 4.32. The van der Waals surface area contributed by atoms with Gasteiger partial charge in [-0.1, -0.05) is 12.1 Å². The lowest BCUT2D eigenvalue weighted by molar-refractivity contribution is 0.132. The molecular formula is C9H8O6. The Hall–Kier alpha value is -2.24. The van der Waals surface area contributed by atoms with Crippen molar-refractivity contribution in [3.8, 4) is 11.5 Å². The van der Waals surface area contributed by atoms with Crippen molar-refractivity contribution in [3.63, 3.8) is 0 Å². The molecule has 1 rings (SSSR count). The molecule has 0 spiro atoms. The van der Waals surface area contributed by atoms with Crippen LogP contribution < -0.4 is 9.47 Å². The van der Waals surface area contributed by atoms with Gasteiger partial charge in [-0.05, 0) is 18.6 Å². The molecule has 0 bridgehead atoms. The van der Waals surface area contributed by atoms with Gasteiger partial charge in [0.25, 0.3) is 0 Å². The van der Waals surface area contributed by atoms with Crippen LogP contribution in [0.1, 0.15) is 5.56 Å². The molecule has 0 unspecified atom stereocenters. The van der Waals surface area contributed by atoms with Gasteiger partial charge in [0.1, 0.15) is 0 Å². The highest BCUT2D eigenvalue weighted by molar-refractivity contribution is 5.68. The van der Waals surface area contributed by atoms with Crippen LogP contribution in [0.15, 0.2) is 18.2 Å². The molecule has 0 saturated carbocycles. The molecule has 1 aromatic rings. The van der Waals surface area contributed by atoms with Crippen molar-refractivity contribution in [1.82, 2.24) is 0 Å². The molecule has 0 radical (unpaired) electrons. The van der Waals surface area contributed by atoms with E-state index in [4.69, 9.17) is 10.2 Å². The van der Waals surface area contributed by atoms with Crippen LogP contribution in [0.25, 0.3) is 0 Å². The topological polar surface area (TPSA) is 93.1 Å². The average molecular weight is 212 g/mol. The number of hydrogen-bond acceptors (Lipinski definition) is 4. The van der Waals surface area contributed by atoms with E-state index in [1.807, 2.05) is 0 Å². The Kier molecular flexibility index (Phi) is 3.12. The summed E-state index contributed by atoms with van der Waals surface area (Å²) in [5.74, 6) is -0.266. The van der Waals surface area contributed by atoms with Gasteiger partial charge < -0.3 is 19.7 Å². The number of hydrogen-bond donors (Lipinski definition) is 2. The zero-order valence-corrected chi connectivity index (χ0v) is 7.76. The van der Waals surface area contributed by atoms with E-state index in [0.717, 1.165) is 0 Å². The molecule has 0 aliphatic carbocycles. The van der Waals surface area contributed by atoms with Gasteiger partial charge in [0, 0.05) is 0 Å². The molecular weight excluding hydrogens is 204 g/mol. The number of ether oxygens (including phenoxy) is 2. The van der Waals surface area contributed by atoms with E-state index < -0.39 is 12.3 Å². The van der Waals surface area contributed by atoms with Crippen molar-refractivity contribution in [3.05, 3.63) is 23.8 Å². The van der Waals surface area contributed by atoms with E-state index in [2.05, 4.69) is 9.47 Å². The highest BCUT2D eigenvalue weighted by Crippen LogP contribution is 2.30. The Morgan fingerprint density at radius 1 is 1.13 bits per heavy atom. The molecule has 6 nitrogen and oxygen atoms in total. The normalized spacial score (nSPS) is 9.40. The first-order chi connectivity index (χ1) is 7.00. The minimum Gasteiger partial charge on any atom is -0.449 e. The van der Waals surface area contributed by atoms with Crippen LogP contribution in [0.5, 0.6) is 11.5 Å². The molecule has 0 amide bonds. The maximum atomic E-state index is 10.3. The fraction of sp³-hybridized carbons (Fsp3) is 0.111. The van der Waals surface area contributed by atoms with Crippen LogP contribution in [0.2, 0.25) is 0 Å². The molecule has 0 saturated heterocycles. The van der Waals surface area contributed by atoms with E-state index in [1.54, 1.807) is 13.0 Å². The number of benzene rings is 1. The van der Waals surface area contributed by atoms with E-state index in [-0.39, 0.29) is 11.5 Å². The smallest absolute Gasteiger partial charge is 0.449 e. The monoisotopic (exact) mass is 212 g/mol. The van der Waals surface area contributed by atoms with Crippen molar-refractivity contribution in [2.24, 2.45) is 0 Å². The minimum absolute atomic E-state index is 0.118. The summed E-state index contributed by atoms with van der Waals surface area (Å²) in [7, 11) is 0. The quantitative estimate of drug-likeness (QED) is 0.576. The zero-order chi connectivity index (χ0) is 11.4. The predicted molar refractivity (Wildman–Crippen MR) is 48.5 cm³/mol.